The number of carbonyl (C=O) groups is 2. The van der Waals surface area contributed by atoms with Crippen LogP contribution in [0.15, 0.2) is 18.2 Å². The van der Waals surface area contributed by atoms with E-state index in [2.05, 4.69) is 10.6 Å². The Balaban J connectivity index is 2.28. The molecule has 0 spiro atoms. The molecule has 1 aliphatic rings. The third-order valence-corrected chi connectivity index (χ3v) is 3.88. The van der Waals surface area contributed by atoms with Gasteiger partial charge in [0, 0.05) is 6.54 Å². The molecule has 0 bridgehead atoms. The zero-order chi connectivity index (χ0) is 14.8. The smallest absolute Gasteiger partial charge is 0.340 e. The molecule has 3 N–H and O–H groups in total. The number of amides is 1. The minimum Gasteiger partial charge on any atom is -0.478 e. The maximum absolute atomic E-state index is 13.6. The second-order valence-electron chi connectivity index (χ2n) is 4.98. The standard InChI is InChI=1S/C14H17FN2O3/c1-2-14(6-7-16-8-14)13(20)17-10-5-3-4-9(15)11(10)12(18)19/h3-5,16H,2,6-8H2,1H3,(H,17,20)(H,18,19). The van der Waals surface area contributed by atoms with Gasteiger partial charge in [0.1, 0.15) is 11.4 Å². The highest BCUT2D eigenvalue weighted by Crippen LogP contribution is 2.31. The molecule has 2 rings (SSSR count). The van der Waals surface area contributed by atoms with E-state index in [-0.39, 0.29) is 11.6 Å². The number of anilines is 1. The minimum atomic E-state index is -1.39. The summed E-state index contributed by atoms with van der Waals surface area (Å²) in [6.45, 7) is 3.21. The van der Waals surface area contributed by atoms with E-state index in [1.54, 1.807) is 0 Å². The van der Waals surface area contributed by atoms with Gasteiger partial charge in [-0.1, -0.05) is 13.0 Å². The molecular weight excluding hydrogens is 263 g/mol. The molecule has 0 radical (unpaired) electrons. The lowest BCUT2D eigenvalue weighted by Crippen LogP contribution is -2.38. The quantitative estimate of drug-likeness (QED) is 0.786. The summed E-state index contributed by atoms with van der Waals surface area (Å²) >= 11 is 0. The molecule has 20 heavy (non-hydrogen) atoms. The highest BCUT2D eigenvalue weighted by Gasteiger charge is 2.39. The van der Waals surface area contributed by atoms with Crippen LogP contribution >= 0.6 is 0 Å². The number of rotatable bonds is 4. The number of aromatic carboxylic acids is 1. The van der Waals surface area contributed by atoms with Gasteiger partial charge in [-0.25, -0.2) is 9.18 Å². The van der Waals surface area contributed by atoms with Gasteiger partial charge >= 0.3 is 5.97 Å². The molecule has 6 heteroatoms. The number of carboxylic acids is 1. The third kappa shape index (κ3) is 2.51. The summed E-state index contributed by atoms with van der Waals surface area (Å²) in [5.74, 6) is -2.52. The molecule has 1 atom stereocenters. The molecule has 1 unspecified atom stereocenters. The van der Waals surface area contributed by atoms with E-state index in [4.69, 9.17) is 5.11 Å². The third-order valence-electron chi connectivity index (χ3n) is 3.88. The van der Waals surface area contributed by atoms with Crippen molar-refractivity contribution in [2.45, 2.75) is 19.8 Å². The van der Waals surface area contributed by atoms with E-state index in [9.17, 15) is 14.0 Å². The van der Waals surface area contributed by atoms with E-state index in [1.165, 1.54) is 12.1 Å². The second kappa shape index (κ2) is 5.58. The van der Waals surface area contributed by atoms with Crippen molar-refractivity contribution in [1.82, 2.24) is 5.32 Å². The van der Waals surface area contributed by atoms with Crippen molar-refractivity contribution in [3.8, 4) is 0 Å². The largest absolute Gasteiger partial charge is 0.478 e. The first kappa shape index (κ1) is 14.5. The second-order valence-corrected chi connectivity index (χ2v) is 4.98. The summed E-state index contributed by atoms with van der Waals surface area (Å²) in [5, 5.41) is 14.7. The summed E-state index contributed by atoms with van der Waals surface area (Å²) < 4.78 is 13.6. The van der Waals surface area contributed by atoms with Gasteiger partial charge in [0.15, 0.2) is 0 Å². The van der Waals surface area contributed by atoms with Gasteiger partial charge in [-0.3, -0.25) is 4.79 Å². The molecule has 1 aromatic rings. The summed E-state index contributed by atoms with van der Waals surface area (Å²) in [6.07, 6.45) is 1.33. The molecule has 1 aliphatic heterocycles. The van der Waals surface area contributed by atoms with Gasteiger partial charge in [0.05, 0.1) is 11.1 Å². The van der Waals surface area contributed by atoms with E-state index in [1.807, 2.05) is 6.92 Å². The number of nitrogens with one attached hydrogen (secondary N) is 2. The average molecular weight is 280 g/mol. The Bertz CT molecular complexity index is 539. The normalized spacial score (nSPS) is 21.7. The fourth-order valence-electron chi connectivity index (χ4n) is 2.50. The van der Waals surface area contributed by atoms with Crippen LogP contribution in [0, 0.1) is 11.2 Å². The van der Waals surface area contributed by atoms with Gasteiger partial charge in [-0.15, -0.1) is 0 Å². The van der Waals surface area contributed by atoms with Gasteiger partial charge < -0.3 is 15.7 Å². The van der Waals surface area contributed by atoms with Gasteiger partial charge in [-0.05, 0) is 31.5 Å². The summed E-state index contributed by atoms with van der Waals surface area (Å²) in [5.41, 5.74) is -1.05. The van der Waals surface area contributed by atoms with Crippen molar-refractivity contribution in [1.29, 1.82) is 0 Å². The van der Waals surface area contributed by atoms with Gasteiger partial charge in [-0.2, -0.15) is 0 Å². The molecule has 1 heterocycles. The lowest BCUT2D eigenvalue weighted by molar-refractivity contribution is -0.124. The summed E-state index contributed by atoms with van der Waals surface area (Å²) in [7, 11) is 0. The van der Waals surface area contributed by atoms with E-state index in [0.717, 1.165) is 12.6 Å². The van der Waals surface area contributed by atoms with Crippen LogP contribution in [0.2, 0.25) is 0 Å². The van der Waals surface area contributed by atoms with Crippen LogP contribution < -0.4 is 10.6 Å². The van der Waals surface area contributed by atoms with Crippen molar-refractivity contribution in [2.24, 2.45) is 5.41 Å². The molecular formula is C14H17FN2O3. The fourth-order valence-corrected chi connectivity index (χ4v) is 2.50. The molecule has 1 saturated heterocycles. The highest BCUT2D eigenvalue weighted by molar-refractivity contribution is 6.02. The number of carboxylic acid groups (broad SMARTS) is 1. The Morgan fingerprint density at radius 1 is 1.50 bits per heavy atom. The molecule has 0 aliphatic carbocycles. The van der Waals surface area contributed by atoms with Gasteiger partial charge in [0.25, 0.3) is 0 Å². The Morgan fingerprint density at radius 2 is 2.25 bits per heavy atom. The topological polar surface area (TPSA) is 78.4 Å². The van der Waals surface area contributed by atoms with Crippen molar-refractivity contribution >= 4 is 17.6 Å². The monoisotopic (exact) mass is 280 g/mol. The molecule has 1 aromatic carbocycles. The van der Waals surface area contributed by atoms with Crippen LogP contribution in [0.3, 0.4) is 0 Å². The molecule has 0 aromatic heterocycles. The first-order valence-corrected chi connectivity index (χ1v) is 6.54. The first-order chi connectivity index (χ1) is 9.50. The lowest BCUT2D eigenvalue weighted by atomic mass is 9.83. The lowest BCUT2D eigenvalue weighted by Gasteiger charge is -2.25. The van der Waals surface area contributed by atoms with Crippen LogP contribution in [-0.4, -0.2) is 30.1 Å². The Labute approximate surface area is 116 Å². The minimum absolute atomic E-state index is 0.00206. The number of hydrogen-bond donors (Lipinski definition) is 3. The molecule has 0 saturated carbocycles. The van der Waals surface area contributed by atoms with Gasteiger partial charge in [0.2, 0.25) is 5.91 Å². The number of halogens is 1. The zero-order valence-corrected chi connectivity index (χ0v) is 11.2. The average Bonchev–Trinajstić information content (AvgIpc) is 2.88. The Morgan fingerprint density at radius 3 is 2.80 bits per heavy atom. The number of carbonyl (C=O) groups excluding carboxylic acids is 1. The zero-order valence-electron chi connectivity index (χ0n) is 11.2. The Hall–Kier alpha value is -1.95. The molecule has 108 valence electrons. The van der Waals surface area contributed by atoms with Crippen molar-refractivity contribution in [2.75, 3.05) is 18.4 Å². The van der Waals surface area contributed by atoms with E-state index in [0.29, 0.717) is 19.4 Å². The molecule has 1 amide bonds. The maximum Gasteiger partial charge on any atom is 0.340 e. The predicted molar refractivity (Wildman–Crippen MR) is 72.2 cm³/mol. The van der Waals surface area contributed by atoms with Crippen molar-refractivity contribution < 1.29 is 19.1 Å². The van der Waals surface area contributed by atoms with Crippen LogP contribution in [0.1, 0.15) is 30.1 Å². The fraction of sp³-hybridized carbons (Fsp3) is 0.429. The predicted octanol–water partition coefficient (Wildman–Crippen LogP) is 1.85. The van der Waals surface area contributed by atoms with Crippen LogP contribution in [0.25, 0.3) is 0 Å². The van der Waals surface area contributed by atoms with Crippen LogP contribution in [0.5, 0.6) is 0 Å². The van der Waals surface area contributed by atoms with Crippen molar-refractivity contribution in [3.63, 3.8) is 0 Å². The number of benzene rings is 1. The summed E-state index contributed by atoms with van der Waals surface area (Å²) in [6, 6.07) is 3.84. The Kier molecular flexibility index (Phi) is 4.04. The van der Waals surface area contributed by atoms with E-state index >= 15 is 0 Å². The highest BCUT2D eigenvalue weighted by atomic mass is 19.1. The van der Waals surface area contributed by atoms with E-state index < -0.39 is 22.8 Å². The number of hydrogen-bond acceptors (Lipinski definition) is 3. The molecule has 5 nitrogen and oxygen atoms in total. The summed E-state index contributed by atoms with van der Waals surface area (Å²) in [4.78, 5) is 23.5. The van der Waals surface area contributed by atoms with Crippen molar-refractivity contribution in [3.05, 3.63) is 29.6 Å². The van der Waals surface area contributed by atoms with Crippen LogP contribution in [0.4, 0.5) is 10.1 Å². The first-order valence-electron chi connectivity index (χ1n) is 6.54. The maximum atomic E-state index is 13.6. The molecule has 1 fully saturated rings. The SMILES string of the molecule is CCC1(C(=O)Nc2cccc(F)c2C(=O)O)CCNC1. The van der Waals surface area contributed by atoms with Crippen LogP contribution in [-0.2, 0) is 4.79 Å².